The van der Waals surface area contributed by atoms with Gasteiger partial charge in [0.25, 0.3) is 5.91 Å². The van der Waals surface area contributed by atoms with Crippen LogP contribution in [0.2, 0.25) is 0 Å². The molecule has 2 atom stereocenters. The third-order valence-corrected chi connectivity index (χ3v) is 6.78. The lowest BCUT2D eigenvalue weighted by atomic mass is 9.96. The van der Waals surface area contributed by atoms with Crippen molar-refractivity contribution in [2.45, 2.75) is 53.0 Å². The van der Waals surface area contributed by atoms with Crippen LogP contribution in [-0.2, 0) is 9.59 Å². The van der Waals surface area contributed by atoms with Gasteiger partial charge in [0, 0.05) is 52.8 Å². The smallest absolute Gasteiger partial charge is 0.271 e. The van der Waals surface area contributed by atoms with E-state index in [-0.39, 0.29) is 71.1 Å². The molecule has 12 heteroatoms. The molecule has 0 fully saturated rings. The average Bonchev–Trinajstić information content (AvgIpc) is 3.32. The molecule has 0 bridgehead atoms. The van der Waals surface area contributed by atoms with E-state index in [9.17, 15) is 24.3 Å². The summed E-state index contributed by atoms with van der Waals surface area (Å²) in [4.78, 5) is 60.0. The van der Waals surface area contributed by atoms with Gasteiger partial charge in [0.1, 0.15) is 22.7 Å². The van der Waals surface area contributed by atoms with Gasteiger partial charge in [-0.3, -0.25) is 19.2 Å². The summed E-state index contributed by atoms with van der Waals surface area (Å²) in [5.41, 5.74) is 2.00. The molecule has 3 rings (SSSR count). The molecule has 3 aromatic heterocycles. The van der Waals surface area contributed by atoms with Crippen molar-refractivity contribution in [3.63, 3.8) is 0 Å². The molecule has 3 N–H and O–H groups in total. The first kappa shape index (κ1) is 33.9. The lowest BCUT2D eigenvalue weighted by molar-refractivity contribution is -0.131. The Bertz CT molecular complexity index is 1350. The molecule has 0 aliphatic rings. The van der Waals surface area contributed by atoms with Crippen molar-refractivity contribution in [1.29, 1.82) is 0 Å². The standard InChI is InChI=1S/C23H32N4O6.C7H10N2/c1-6-16(8-7-14(2)27(11-12-28)15(3)30)22(31)25-21-19(13-29)33-18-10-9-17(24-20(18)21)23(32)26(4)5;1-6-3-4-7(8-2)9-5-6/h9-10,13-14,16,28H,6-8,11-12H2,1-5H3,(H,25,31);3-5H,1-2H3,(H,8,9)/t14?,16-;/m1./s1. The van der Waals surface area contributed by atoms with E-state index in [4.69, 9.17) is 4.42 Å². The molecule has 1 unspecified atom stereocenters. The number of carbonyl (C=O) groups is 4. The predicted molar refractivity (Wildman–Crippen MR) is 162 cm³/mol. The topological polar surface area (TPSA) is 158 Å². The van der Waals surface area contributed by atoms with Crippen molar-refractivity contribution in [2.75, 3.05) is 44.9 Å². The number of aliphatic hydroxyl groups excluding tert-OH is 1. The molecule has 0 radical (unpaired) electrons. The number of aryl methyl sites for hydroxylation is 1. The van der Waals surface area contributed by atoms with Gasteiger partial charge >= 0.3 is 0 Å². The number of nitrogens with one attached hydrogen (secondary N) is 2. The molecule has 3 aromatic rings. The predicted octanol–water partition coefficient (Wildman–Crippen LogP) is 3.75. The first-order chi connectivity index (χ1) is 20.0. The van der Waals surface area contributed by atoms with Crippen molar-refractivity contribution in [3.8, 4) is 0 Å². The first-order valence-electron chi connectivity index (χ1n) is 13.9. The Balaban J connectivity index is 0.000000581. The highest BCUT2D eigenvalue weighted by Gasteiger charge is 2.25. The molecule has 0 aromatic carbocycles. The summed E-state index contributed by atoms with van der Waals surface area (Å²) in [6.45, 7) is 7.34. The van der Waals surface area contributed by atoms with Crippen LogP contribution in [0.25, 0.3) is 11.1 Å². The fourth-order valence-corrected chi connectivity index (χ4v) is 4.30. The van der Waals surface area contributed by atoms with E-state index in [0.717, 1.165) is 5.82 Å². The maximum atomic E-state index is 13.0. The van der Waals surface area contributed by atoms with Crippen LogP contribution in [0.3, 0.4) is 0 Å². The molecule has 0 saturated carbocycles. The number of aliphatic hydroxyl groups is 1. The first-order valence-corrected chi connectivity index (χ1v) is 13.9. The number of hydrogen-bond donors (Lipinski definition) is 3. The van der Waals surface area contributed by atoms with Gasteiger partial charge in [0.15, 0.2) is 17.6 Å². The lowest BCUT2D eigenvalue weighted by Gasteiger charge is -2.28. The SMILES string of the molecule is CC[C@H](CCC(C)N(CCO)C(C)=O)C(=O)Nc1c(C=O)oc2ccc(C(=O)N(C)C)nc12.CNc1ccc(C)cn1. The monoisotopic (exact) mass is 582 g/mol. The van der Waals surface area contributed by atoms with Crippen molar-refractivity contribution < 1.29 is 28.7 Å². The molecule has 12 nitrogen and oxygen atoms in total. The van der Waals surface area contributed by atoms with Gasteiger partial charge in [-0.05, 0) is 56.9 Å². The maximum Gasteiger partial charge on any atom is 0.271 e. The Kier molecular flexibility index (Phi) is 13.1. The molecule has 0 aliphatic heterocycles. The van der Waals surface area contributed by atoms with Gasteiger partial charge < -0.3 is 30.0 Å². The van der Waals surface area contributed by atoms with E-state index in [0.29, 0.717) is 25.5 Å². The molecule has 42 heavy (non-hydrogen) atoms. The van der Waals surface area contributed by atoms with Gasteiger partial charge in [0.2, 0.25) is 11.8 Å². The largest absolute Gasteiger partial charge is 0.449 e. The van der Waals surface area contributed by atoms with Crippen LogP contribution >= 0.6 is 0 Å². The second-order valence-electron chi connectivity index (χ2n) is 10.1. The Hall–Kier alpha value is -4.32. The molecule has 0 aliphatic carbocycles. The van der Waals surface area contributed by atoms with Crippen LogP contribution in [-0.4, -0.2) is 89.2 Å². The molecular formula is C30H42N6O6. The summed E-state index contributed by atoms with van der Waals surface area (Å²) in [7, 11) is 5.06. The van der Waals surface area contributed by atoms with Crippen molar-refractivity contribution >= 4 is 46.6 Å². The number of carbonyl (C=O) groups excluding carboxylic acids is 4. The number of aldehydes is 1. The highest BCUT2D eigenvalue weighted by molar-refractivity contribution is 6.06. The summed E-state index contributed by atoms with van der Waals surface area (Å²) in [6.07, 6.45) is 3.95. The molecule has 0 saturated heterocycles. The number of hydrogen-bond acceptors (Lipinski definition) is 9. The van der Waals surface area contributed by atoms with Crippen LogP contribution in [0, 0.1) is 12.8 Å². The van der Waals surface area contributed by atoms with E-state index in [1.807, 2.05) is 46.1 Å². The Labute approximate surface area is 246 Å². The number of furan rings is 1. The molecule has 0 spiro atoms. The molecule has 3 heterocycles. The van der Waals surface area contributed by atoms with Crippen molar-refractivity contribution in [3.05, 3.63) is 47.5 Å². The van der Waals surface area contributed by atoms with Crippen LogP contribution in [0.4, 0.5) is 11.5 Å². The van der Waals surface area contributed by atoms with E-state index >= 15 is 0 Å². The van der Waals surface area contributed by atoms with Gasteiger partial charge in [-0.15, -0.1) is 0 Å². The Morgan fingerprint density at radius 3 is 2.38 bits per heavy atom. The normalized spacial score (nSPS) is 12.0. The van der Waals surface area contributed by atoms with E-state index in [1.54, 1.807) is 19.0 Å². The average molecular weight is 583 g/mol. The minimum absolute atomic E-state index is 0.0748. The number of rotatable bonds is 12. The lowest BCUT2D eigenvalue weighted by Crippen LogP contribution is -2.39. The number of anilines is 2. The molecule has 3 amide bonds. The van der Waals surface area contributed by atoms with Crippen LogP contribution in [0.15, 0.2) is 34.9 Å². The Morgan fingerprint density at radius 2 is 1.86 bits per heavy atom. The number of nitrogens with zero attached hydrogens (tertiary/aromatic N) is 4. The minimum atomic E-state index is -0.383. The van der Waals surface area contributed by atoms with Gasteiger partial charge in [-0.25, -0.2) is 9.97 Å². The fourth-order valence-electron chi connectivity index (χ4n) is 4.30. The van der Waals surface area contributed by atoms with E-state index in [1.165, 1.54) is 29.5 Å². The summed E-state index contributed by atoms with van der Waals surface area (Å²) in [6, 6.07) is 6.88. The summed E-state index contributed by atoms with van der Waals surface area (Å²) >= 11 is 0. The number of aromatic nitrogens is 2. The molecule has 228 valence electrons. The maximum absolute atomic E-state index is 13.0. The van der Waals surface area contributed by atoms with Gasteiger partial charge in [-0.1, -0.05) is 13.0 Å². The number of amides is 3. The third-order valence-electron chi connectivity index (χ3n) is 6.78. The highest BCUT2D eigenvalue weighted by atomic mass is 16.3. The zero-order chi connectivity index (χ0) is 31.4. The van der Waals surface area contributed by atoms with Crippen molar-refractivity contribution in [1.82, 2.24) is 19.8 Å². The second-order valence-corrected chi connectivity index (χ2v) is 10.1. The van der Waals surface area contributed by atoms with Gasteiger partial charge in [0.05, 0.1) is 6.61 Å². The summed E-state index contributed by atoms with van der Waals surface area (Å²) in [5, 5.41) is 14.9. The van der Waals surface area contributed by atoms with Gasteiger partial charge in [-0.2, -0.15) is 0 Å². The fraction of sp³-hybridized carbons (Fsp3) is 0.467. The second kappa shape index (κ2) is 16.2. The Morgan fingerprint density at radius 1 is 1.14 bits per heavy atom. The van der Waals surface area contributed by atoms with E-state index in [2.05, 4.69) is 20.6 Å². The van der Waals surface area contributed by atoms with Crippen LogP contribution in [0.1, 0.15) is 66.6 Å². The quantitative estimate of drug-likeness (QED) is 0.271. The van der Waals surface area contributed by atoms with Crippen LogP contribution in [0.5, 0.6) is 0 Å². The number of fused-ring (bicyclic) bond motifs is 1. The number of pyridine rings is 2. The zero-order valence-corrected chi connectivity index (χ0v) is 25.4. The zero-order valence-electron chi connectivity index (χ0n) is 25.4. The third kappa shape index (κ3) is 9.10. The van der Waals surface area contributed by atoms with Crippen molar-refractivity contribution in [2.24, 2.45) is 5.92 Å². The van der Waals surface area contributed by atoms with E-state index < -0.39 is 0 Å². The summed E-state index contributed by atoms with van der Waals surface area (Å²) < 4.78 is 5.50. The summed E-state index contributed by atoms with van der Waals surface area (Å²) in [5.74, 6) is -0.301. The minimum Gasteiger partial charge on any atom is -0.449 e. The highest BCUT2D eigenvalue weighted by Crippen LogP contribution is 2.30. The molecular weight excluding hydrogens is 540 g/mol. The van der Waals surface area contributed by atoms with Crippen LogP contribution < -0.4 is 10.6 Å².